The second-order valence-corrected chi connectivity index (χ2v) is 5.38. The Morgan fingerprint density at radius 2 is 2.00 bits per heavy atom. The van der Waals surface area contributed by atoms with Crippen LogP contribution in [0, 0.1) is 0 Å². The molecule has 4 heteroatoms. The van der Waals surface area contributed by atoms with E-state index in [-0.39, 0.29) is 0 Å². The lowest BCUT2D eigenvalue weighted by Gasteiger charge is -2.24. The number of thioether (sulfide) groups is 1. The minimum Gasteiger partial charge on any atom is -0.480 e. The third kappa shape index (κ3) is 4.06. The molecular weight excluding hydrogens is 236 g/mol. The molecule has 0 fully saturated rings. The van der Waals surface area contributed by atoms with E-state index in [2.05, 4.69) is 0 Å². The van der Waals surface area contributed by atoms with Crippen molar-refractivity contribution in [2.24, 2.45) is 0 Å². The molecule has 0 spiro atoms. The van der Waals surface area contributed by atoms with E-state index in [1.54, 1.807) is 6.92 Å². The Morgan fingerprint density at radius 1 is 1.41 bits per heavy atom. The first-order valence-corrected chi connectivity index (χ1v) is 6.64. The summed E-state index contributed by atoms with van der Waals surface area (Å²) >= 11 is 1.28. The number of benzene rings is 1. The van der Waals surface area contributed by atoms with E-state index in [4.69, 9.17) is 5.11 Å². The first kappa shape index (κ1) is 14.1. The van der Waals surface area contributed by atoms with Crippen molar-refractivity contribution < 1.29 is 15.0 Å². The van der Waals surface area contributed by atoms with Crippen LogP contribution >= 0.6 is 11.8 Å². The van der Waals surface area contributed by atoms with E-state index in [0.29, 0.717) is 12.2 Å². The van der Waals surface area contributed by atoms with Gasteiger partial charge < -0.3 is 10.2 Å². The van der Waals surface area contributed by atoms with Crippen LogP contribution < -0.4 is 0 Å². The lowest BCUT2D eigenvalue weighted by atomic mass is 9.99. The standard InChI is InChI=1S/C13H18O3S/c1-3-11(12(14)15)17-9-13(2,16)10-7-5-4-6-8-10/h4-8,11,16H,3,9H2,1-2H3,(H,14,15). The zero-order valence-corrected chi connectivity index (χ0v) is 10.9. The smallest absolute Gasteiger partial charge is 0.316 e. The minimum absolute atomic E-state index is 0.377. The number of hydrogen-bond donors (Lipinski definition) is 2. The van der Waals surface area contributed by atoms with Crippen LogP contribution in [0.25, 0.3) is 0 Å². The summed E-state index contributed by atoms with van der Waals surface area (Å²) in [5.41, 5.74) is -0.179. The van der Waals surface area contributed by atoms with E-state index >= 15 is 0 Å². The molecule has 2 N–H and O–H groups in total. The van der Waals surface area contributed by atoms with Gasteiger partial charge in [0.15, 0.2) is 0 Å². The second kappa shape index (κ2) is 6.07. The maximum Gasteiger partial charge on any atom is 0.316 e. The Morgan fingerprint density at radius 3 is 2.47 bits per heavy atom. The highest BCUT2D eigenvalue weighted by atomic mass is 32.2. The Hall–Kier alpha value is -1.00. The summed E-state index contributed by atoms with van der Waals surface area (Å²) in [4.78, 5) is 10.9. The van der Waals surface area contributed by atoms with Gasteiger partial charge in [-0.25, -0.2) is 0 Å². The summed E-state index contributed by atoms with van der Waals surface area (Å²) < 4.78 is 0. The molecule has 0 aromatic heterocycles. The average molecular weight is 254 g/mol. The van der Waals surface area contributed by atoms with Crippen LogP contribution in [0.1, 0.15) is 25.8 Å². The Labute approximate surface area is 106 Å². The Kier molecular flexibility index (Phi) is 5.02. The third-order valence-electron chi connectivity index (χ3n) is 2.61. The molecule has 0 aliphatic rings. The molecule has 0 aliphatic carbocycles. The van der Waals surface area contributed by atoms with Crippen molar-refractivity contribution in [2.45, 2.75) is 31.1 Å². The molecule has 2 unspecified atom stereocenters. The third-order valence-corrected chi connectivity index (χ3v) is 4.27. The van der Waals surface area contributed by atoms with Crippen molar-refractivity contribution in [2.75, 3.05) is 5.75 Å². The Bertz CT molecular complexity index is 362. The predicted molar refractivity (Wildman–Crippen MR) is 70.2 cm³/mol. The fourth-order valence-corrected chi connectivity index (χ4v) is 2.58. The summed E-state index contributed by atoms with van der Waals surface area (Å²) in [6.07, 6.45) is 0.560. The van der Waals surface area contributed by atoms with Crippen molar-refractivity contribution in [1.82, 2.24) is 0 Å². The molecule has 0 radical (unpaired) electrons. The molecule has 0 bridgehead atoms. The van der Waals surface area contributed by atoms with Gasteiger partial charge in [-0.1, -0.05) is 37.3 Å². The fraction of sp³-hybridized carbons (Fsp3) is 0.462. The zero-order chi connectivity index (χ0) is 12.9. The number of hydrogen-bond acceptors (Lipinski definition) is 3. The molecule has 1 aromatic rings. The molecule has 0 saturated heterocycles. The lowest BCUT2D eigenvalue weighted by molar-refractivity contribution is -0.136. The first-order valence-electron chi connectivity index (χ1n) is 5.59. The zero-order valence-electron chi connectivity index (χ0n) is 10.1. The van der Waals surface area contributed by atoms with Crippen LogP contribution in [0.15, 0.2) is 30.3 Å². The minimum atomic E-state index is -0.991. The largest absolute Gasteiger partial charge is 0.480 e. The molecule has 94 valence electrons. The van der Waals surface area contributed by atoms with Gasteiger partial charge in [-0.3, -0.25) is 4.79 Å². The maximum atomic E-state index is 10.9. The van der Waals surface area contributed by atoms with Gasteiger partial charge in [0, 0.05) is 5.75 Å². The van der Waals surface area contributed by atoms with Gasteiger partial charge in [-0.05, 0) is 18.9 Å². The van der Waals surface area contributed by atoms with Crippen LogP contribution in [0.3, 0.4) is 0 Å². The molecule has 3 nitrogen and oxygen atoms in total. The van der Waals surface area contributed by atoms with Crippen LogP contribution in [0.4, 0.5) is 0 Å². The highest BCUT2D eigenvalue weighted by Crippen LogP contribution is 2.28. The van der Waals surface area contributed by atoms with E-state index in [0.717, 1.165) is 5.56 Å². The monoisotopic (exact) mass is 254 g/mol. The lowest BCUT2D eigenvalue weighted by Crippen LogP contribution is -2.27. The first-order chi connectivity index (χ1) is 7.97. The maximum absolute atomic E-state index is 10.9. The second-order valence-electron chi connectivity index (χ2n) is 4.19. The van der Waals surface area contributed by atoms with Crippen molar-refractivity contribution in [1.29, 1.82) is 0 Å². The fourth-order valence-electron chi connectivity index (χ4n) is 1.51. The highest BCUT2D eigenvalue weighted by Gasteiger charge is 2.26. The summed E-state index contributed by atoms with van der Waals surface area (Å²) in [7, 11) is 0. The van der Waals surface area contributed by atoms with Crippen molar-refractivity contribution in [3.05, 3.63) is 35.9 Å². The molecule has 2 atom stereocenters. The van der Waals surface area contributed by atoms with Crippen molar-refractivity contribution in [3.63, 3.8) is 0 Å². The summed E-state index contributed by atoms with van der Waals surface area (Å²) in [5.74, 6) is -0.441. The number of rotatable bonds is 6. The van der Waals surface area contributed by atoms with E-state index in [1.165, 1.54) is 11.8 Å². The number of aliphatic hydroxyl groups is 1. The van der Waals surface area contributed by atoms with Crippen molar-refractivity contribution >= 4 is 17.7 Å². The van der Waals surface area contributed by atoms with Gasteiger partial charge in [0.05, 0.1) is 5.60 Å². The summed E-state index contributed by atoms with van der Waals surface area (Å²) in [6, 6.07) is 9.31. The molecule has 17 heavy (non-hydrogen) atoms. The normalized spacial score (nSPS) is 16.2. The molecule has 0 aliphatic heterocycles. The van der Waals surface area contributed by atoms with Crippen LogP contribution in [0.2, 0.25) is 0 Å². The summed E-state index contributed by atoms with van der Waals surface area (Å²) in [6.45, 7) is 3.55. The van der Waals surface area contributed by atoms with E-state index in [1.807, 2.05) is 37.3 Å². The average Bonchev–Trinajstić information content (AvgIpc) is 2.30. The van der Waals surface area contributed by atoms with Gasteiger partial charge in [-0.2, -0.15) is 0 Å². The molecular formula is C13H18O3S. The van der Waals surface area contributed by atoms with E-state index in [9.17, 15) is 9.90 Å². The molecule has 0 heterocycles. The molecule has 0 saturated carbocycles. The highest BCUT2D eigenvalue weighted by molar-refractivity contribution is 8.00. The molecule has 0 amide bonds. The number of aliphatic carboxylic acids is 1. The van der Waals surface area contributed by atoms with Gasteiger partial charge in [0.1, 0.15) is 5.25 Å². The topological polar surface area (TPSA) is 57.5 Å². The van der Waals surface area contributed by atoms with Crippen molar-refractivity contribution in [3.8, 4) is 0 Å². The van der Waals surface area contributed by atoms with Crippen LogP contribution in [-0.2, 0) is 10.4 Å². The molecule has 1 rings (SSSR count). The van der Waals surface area contributed by atoms with Gasteiger partial charge in [-0.15, -0.1) is 11.8 Å². The van der Waals surface area contributed by atoms with Gasteiger partial charge in [0.2, 0.25) is 0 Å². The predicted octanol–water partition coefficient (Wildman–Crippen LogP) is 2.49. The van der Waals surface area contributed by atoms with Crippen LogP contribution in [0.5, 0.6) is 0 Å². The van der Waals surface area contributed by atoms with E-state index < -0.39 is 16.8 Å². The van der Waals surface area contributed by atoms with Crippen LogP contribution in [-0.4, -0.2) is 27.2 Å². The number of carboxylic acids is 1. The Balaban J connectivity index is 2.64. The quantitative estimate of drug-likeness (QED) is 0.819. The number of carboxylic acid groups (broad SMARTS) is 1. The molecule has 1 aromatic carbocycles. The van der Waals surface area contributed by atoms with Gasteiger partial charge >= 0.3 is 5.97 Å². The SMILES string of the molecule is CCC(SCC(C)(O)c1ccccc1)C(=O)O. The summed E-state index contributed by atoms with van der Waals surface area (Å²) in [5, 5.41) is 18.8. The number of carbonyl (C=O) groups is 1. The van der Waals surface area contributed by atoms with Gasteiger partial charge in [0.25, 0.3) is 0 Å².